The van der Waals surface area contributed by atoms with Gasteiger partial charge in [-0.15, -0.1) is 0 Å². The molecule has 1 aliphatic carbocycles. The molecule has 6 nitrogen and oxygen atoms in total. The zero-order chi connectivity index (χ0) is 33.1. The van der Waals surface area contributed by atoms with E-state index in [1.54, 1.807) is 13.3 Å². The summed E-state index contributed by atoms with van der Waals surface area (Å²) in [4.78, 5) is 4.70. The summed E-state index contributed by atoms with van der Waals surface area (Å²) < 4.78 is 16.4. The third kappa shape index (κ3) is 5.11. The first-order valence-electron chi connectivity index (χ1n) is 16.6. The Hall–Kier alpha value is -4.84. The van der Waals surface area contributed by atoms with Crippen LogP contribution in [0.3, 0.4) is 0 Å². The summed E-state index contributed by atoms with van der Waals surface area (Å²) in [6.45, 7) is 18.3. The predicted octanol–water partition coefficient (Wildman–Crippen LogP) is 10.4. The fourth-order valence-electron chi connectivity index (χ4n) is 7.94. The highest BCUT2D eigenvalue weighted by molar-refractivity contribution is 6.09. The van der Waals surface area contributed by atoms with Gasteiger partial charge in [-0.25, -0.2) is 9.67 Å². The number of pyridine rings is 1. The summed E-state index contributed by atoms with van der Waals surface area (Å²) in [7, 11) is 1.68. The number of aryl methyl sites for hydroxylation is 2. The molecule has 3 heterocycles. The van der Waals surface area contributed by atoms with Crippen molar-refractivity contribution >= 4 is 21.8 Å². The number of methoxy groups -OCH3 is 1. The Morgan fingerprint density at radius 2 is 1.47 bits per heavy atom. The Kier molecular flexibility index (Phi) is 7.70. The van der Waals surface area contributed by atoms with Gasteiger partial charge in [0.1, 0.15) is 23.1 Å². The molecule has 3 aromatic carbocycles. The van der Waals surface area contributed by atoms with Crippen molar-refractivity contribution in [3.05, 3.63) is 113 Å². The minimum atomic E-state index is 0.369. The Bertz CT molecular complexity index is 2190. The highest BCUT2D eigenvalue weighted by Gasteiger charge is 2.38. The number of fused-ring (bicyclic) bond motifs is 3. The summed E-state index contributed by atoms with van der Waals surface area (Å²) in [6.07, 6.45) is 1.78. The van der Waals surface area contributed by atoms with Crippen molar-refractivity contribution in [1.29, 1.82) is 0 Å². The number of hydrogen-bond donors (Lipinski definition) is 0. The molecule has 0 radical (unpaired) electrons. The molecule has 0 N–H and O–H groups in total. The molecule has 0 spiro atoms. The van der Waals surface area contributed by atoms with Gasteiger partial charge in [-0.2, -0.15) is 5.10 Å². The van der Waals surface area contributed by atoms with Crippen molar-refractivity contribution in [1.82, 2.24) is 19.3 Å². The van der Waals surface area contributed by atoms with Crippen molar-refractivity contribution in [2.45, 2.75) is 61.3 Å². The summed E-state index contributed by atoms with van der Waals surface area (Å²) in [6, 6.07) is 24.9. The Balaban J connectivity index is 1.29. The van der Waals surface area contributed by atoms with Gasteiger partial charge in [0.05, 0.1) is 29.5 Å². The van der Waals surface area contributed by atoms with E-state index in [4.69, 9.17) is 19.6 Å². The van der Waals surface area contributed by atoms with E-state index in [0.29, 0.717) is 23.7 Å². The lowest BCUT2D eigenvalue weighted by atomic mass is 9.64. The topological polar surface area (TPSA) is 54.1 Å². The number of para-hydroxylation sites is 1. The average molecular weight is 625 g/mol. The fraction of sp³-hybridized carbons (Fsp3) is 0.317. The number of hydrogen-bond acceptors (Lipinski definition) is 4. The number of rotatable bonds is 6. The largest absolute Gasteiger partial charge is 0.497 e. The molecule has 1 unspecified atom stereocenters. The van der Waals surface area contributed by atoms with Gasteiger partial charge >= 0.3 is 0 Å². The van der Waals surface area contributed by atoms with E-state index in [1.165, 1.54) is 22.4 Å². The maximum absolute atomic E-state index is 6.62. The van der Waals surface area contributed by atoms with Crippen LogP contribution in [0.4, 0.5) is 0 Å². The van der Waals surface area contributed by atoms with E-state index in [-0.39, 0.29) is 0 Å². The zero-order valence-corrected chi connectivity index (χ0v) is 28.9. The third-order valence-electron chi connectivity index (χ3n) is 10.9. The number of ether oxygens (including phenoxy) is 2. The first kappa shape index (κ1) is 30.8. The van der Waals surface area contributed by atoms with Gasteiger partial charge in [0.2, 0.25) is 0 Å². The second-order valence-electron chi connectivity index (χ2n) is 13.5. The SMILES string of the molecule is COc1ccnc(-n2c3ccccc3c3ccc(Oc4cc(C)cc(-n5nc(C)c([C@@H]6C(C)=C(C)C(C)[C@H](C)[C@@H]6C)c5C)c4)cc32)c1. The van der Waals surface area contributed by atoms with Gasteiger partial charge < -0.3 is 9.47 Å². The van der Waals surface area contributed by atoms with Crippen LogP contribution in [0.1, 0.15) is 63.1 Å². The molecule has 6 aromatic rings. The lowest BCUT2D eigenvalue weighted by Gasteiger charge is -2.40. The molecule has 4 atom stereocenters. The first-order valence-corrected chi connectivity index (χ1v) is 16.6. The highest BCUT2D eigenvalue weighted by Crippen LogP contribution is 2.48. The second kappa shape index (κ2) is 11.8. The van der Waals surface area contributed by atoms with Crippen LogP contribution in [0, 0.1) is 38.5 Å². The van der Waals surface area contributed by atoms with Crippen LogP contribution in [-0.4, -0.2) is 26.4 Å². The van der Waals surface area contributed by atoms with Crippen LogP contribution in [0.5, 0.6) is 17.2 Å². The van der Waals surface area contributed by atoms with Crippen LogP contribution in [-0.2, 0) is 0 Å². The summed E-state index contributed by atoms with van der Waals surface area (Å²) in [5.74, 6) is 5.20. The molecule has 240 valence electrons. The molecular formula is C41H44N4O2. The molecular weight excluding hydrogens is 580 g/mol. The highest BCUT2D eigenvalue weighted by atomic mass is 16.5. The van der Waals surface area contributed by atoms with Crippen LogP contribution in [0.2, 0.25) is 0 Å². The number of nitrogens with zero attached hydrogens (tertiary/aromatic N) is 4. The van der Waals surface area contributed by atoms with E-state index in [1.807, 2.05) is 18.2 Å². The zero-order valence-electron chi connectivity index (χ0n) is 28.9. The minimum absolute atomic E-state index is 0.369. The van der Waals surface area contributed by atoms with Crippen molar-refractivity contribution in [2.24, 2.45) is 17.8 Å². The van der Waals surface area contributed by atoms with Gasteiger partial charge in [-0.05, 0) is 94.3 Å². The van der Waals surface area contributed by atoms with Crippen molar-refractivity contribution < 1.29 is 9.47 Å². The quantitative estimate of drug-likeness (QED) is 0.173. The van der Waals surface area contributed by atoms with Crippen LogP contribution in [0.15, 0.2) is 90.1 Å². The molecule has 0 fully saturated rings. The van der Waals surface area contributed by atoms with E-state index < -0.39 is 0 Å². The summed E-state index contributed by atoms with van der Waals surface area (Å²) in [5, 5.41) is 7.42. The molecule has 3 aromatic heterocycles. The van der Waals surface area contributed by atoms with Crippen LogP contribution < -0.4 is 9.47 Å². The molecule has 7 rings (SSSR count). The average Bonchev–Trinajstić information content (AvgIpc) is 3.55. The van der Waals surface area contributed by atoms with Gasteiger partial charge in [0.15, 0.2) is 0 Å². The van der Waals surface area contributed by atoms with Gasteiger partial charge in [0.25, 0.3) is 0 Å². The minimum Gasteiger partial charge on any atom is -0.497 e. The Morgan fingerprint density at radius 3 is 2.26 bits per heavy atom. The predicted molar refractivity (Wildman–Crippen MR) is 192 cm³/mol. The second-order valence-corrected chi connectivity index (χ2v) is 13.5. The lowest BCUT2D eigenvalue weighted by molar-refractivity contribution is 0.256. The van der Waals surface area contributed by atoms with Gasteiger partial charge in [0, 0.05) is 52.3 Å². The lowest BCUT2D eigenvalue weighted by Crippen LogP contribution is -2.30. The number of allylic oxidation sites excluding steroid dienone is 2. The third-order valence-corrected chi connectivity index (χ3v) is 10.9. The molecule has 1 aliphatic rings. The molecule has 0 aliphatic heterocycles. The normalized spacial score (nSPS) is 19.9. The molecule has 0 saturated carbocycles. The molecule has 6 heteroatoms. The summed E-state index contributed by atoms with van der Waals surface area (Å²) >= 11 is 0. The smallest absolute Gasteiger partial charge is 0.141 e. The van der Waals surface area contributed by atoms with Crippen molar-refractivity contribution in [3.8, 4) is 28.8 Å². The Labute approximate surface area is 277 Å². The number of benzene rings is 3. The van der Waals surface area contributed by atoms with Gasteiger partial charge in [-0.3, -0.25) is 4.57 Å². The van der Waals surface area contributed by atoms with Crippen molar-refractivity contribution in [3.63, 3.8) is 0 Å². The Morgan fingerprint density at radius 1 is 0.702 bits per heavy atom. The van der Waals surface area contributed by atoms with Crippen LogP contribution >= 0.6 is 0 Å². The maximum atomic E-state index is 6.62. The van der Waals surface area contributed by atoms with Gasteiger partial charge in [-0.1, -0.05) is 50.1 Å². The molecule has 0 amide bonds. The van der Waals surface area contributed by atoms with E-state index in [2.05, 4.69) is 119 Å². The number of aromatic nitrogens is 4. The maximum Gasteiger partial charge on any atom is 0.141 e. The first-order chi connectivity index (χ1) is 22.6. The van der Waals surface area contributed by atoms with E-state index in [9.17, 15) is 0 Å². The van der Waals surface area contributed by atoms with E-state index >= 15 is 0 Å². The molecule has 0 bridgehead atoms. The van der Waals surface area contributed by atoms with Crippen molar-refractivity contribution in [2.75, 3.05) is 7.11 Å². The monoisotopic (exact) mass is 624 g/mol. The summed E-state index contributed by atoms with van der Waals surface area (Å²) in [5.41, 5.74) is 10.9. The fourth-order valence-corrected chi connectivity index (χ4v) is 7.94. The standard InChI is InChI=1S/C41H44N4O2/c1-23-18-31(45-30(8)41(29(7)43-45)40-27(5)25(3)24(2)26(4)28(40)6)20-34(19-23)47-33-14-15-36-35-12-10-11-13-37(35)44(38(36)21-33)39-22-32(46-9)16-17-42-39/h10-22,24-25,27,40H,1-9H3/t24?,25-,27-,40-/m0/s1. The van der Waals surface area contributed by atoms with E-state index in [0.717, 1.165) is 61.8 Å². The molecule has 0 saturated heterocycles. The van der Waals surface area contributed by atoms with Crippen LogP contribution in [0.25, 0.3) is 33.3 Å². The molecule has 47 heavy (non-hydrogen) atoms.